The predicted molar refractivity (Wildman–Crippen MR) is 493 cm³/mol. The third-order valence-corrected chi connectivity index (χ3v) is 20.9. The van der Waals surface area contributed by atoms with Crippen LogP contribution in [0.25, 0.3) is 178 Å². The van der Waals surface area contributed by atoms with Gasteiger partial charge in [0.2, 0.25) is 0 Å². The van der Waals surface area contributed by atoms with Crippen LogP contribution < -0.4 is 42.7 Å². The van der Waals surface area contributed by atoms with Gasteiger partial charge in [0.1, 0.15) is 79.3 Å². The summed E-state index contributed by atoms with van der Waals surface area (Å²) >= 11 is 6.02. The van der Waals surface area contributed by atoms with Crippen LogP contribution in [-0.2, 0) is 0 Å². The molecule has 11 aromatic carbocycles. The molecule has 10 heterocycles. The highest BCUT2D eigenvalue weighted by atomic mass is 35.5. The molecule has 21 aromatic rings. The second kappa shape index (κ2) is 35.9. The molecule has 0 atom stereocenters. The third kappa shape index (κ3) is 17.1. The van der Waals surface area contributed by atoms with Crippen molar-refractivity contribution >= 4 is 169 Å². The van der Waals surface area contributed by atoms with E-state index >= 15 is 0 Å². The van der Waals surface area contributed by atoms with Crippen molar-refractivity contribution in [3.63, 3.8) is 0 Å². The average molecular weight is 1680 g/mol. The van der Waals surface area contributed by atoms with Crippen LogP contribution >= 0.6 is 36.4 Å². The van der Waals surface area contributed by atoms with Gasteiger partial charge in [0.15, 0.2) is 11.3 Å². The summed E-state index contributed by atoms with van der Waals surface area (Å²) in [4.78, 5) is 105. The topological polar surface area (TPSA) is 310 Å². The van der Waals surface area contributed by atoms with E-state index in [0.29, 0.717) is 95.6 Å². The number of halogens is 3. The van der Waals surface area contributed by atoms with E-state index in [9.17, 15) is 24.0 Å². The highest BCUT2D eigenvalue weighted by molar-refractivity contribution is 6.31. The van der Waals surface area contributed by atoms with Crippen molar-refractivity contribution in [3.8, 4) is 62.7 Å². The Bertz CT molecular complexity index is 7650. The van der Waals surface area contributed by atoms with Crippen LogP contribution in [0.1, 0.15) is 46.1 Å². The normalized spacial score (nSPS) is 11.1. The summed E-state index contributed by atoms with van der Waals surface area (Å²) in [6.07, 6.45) is 2.15. The molecule has 122 heavy (non-hydrogen) atoms. The number of para-hydroxylation sites is 9. The molecule has 0 amide bonds. The molecule has 0 aliphatic heterocycles. The smallest absolute Gasteiger partial charge is 0.347 e. The number of aromatic amines is 5. The average Bonchev–Trinajstić information content (AvgIpc) is 1.29. The minimum Gasteiger partial charge on any atom is -0.493 e. The van der Waals surface area contributed by atoms with Gasteiger partial charge in [-0.3, -0.25) is 0 Å². The fourth-order valence-electron chi connectivity index (χ4n) is 14.7. The second-order valence-corrected chi connectivity index (χ2v) is 29.1. The summed E-state index contributed by atoms with van der Waals surface area (Å²) in [5, 5.41) is 7.10. The number of nitrogens with zero attached hydrogens (tertiary/aromatic N) is 7. The monoisotopic (exact) mass is 1680 g/mol. The van der Waals surface area contributed by atoms with E-state index in [2.05, 4.69) is 93.4 Å². The molecule has 0 fully saturated rings. The first-order valence-corrected chi connectivity index (χ1v) is 39.6. The number of aryl methyl sites for hydroxylation is 1. The van der Waals surface area contributed by atoms with Crippen LogP contribution in [0.15, 0.2) is 301 Å². The highest BCUT2D eigenvalue weighted by Gasteiger charge is 2.21. The Morgan fingerprint density at radius 2 is 0.730 bits per heavy atom. The second-order valence-electron chi connectivity index (χ2n) is 28.6. The van der Waals surface area contributed by atoms with Gasteiger partial charge in [0, 0.05) is 81.6 Å². The largest absolute Gasteiger partial charge is 0.493 e. The highest BCUT2D eigenvalue weighted by Crippen LogP contribution is 2.34. The first kappa shape index (κ1) is 82.5. The molecule has 0 radical (unpaired) electrons. The molecule has 0 saturated carbocycles. The zero-order chi connectivity index (χ0) is 82.7. The maximum absolute atomic E-state index is 12.6. The van der Waals surface area contributed by atoms with Crippen LogP contribution in [0.2, 0.25) is 5.02 Å². The molecule has 0 saturated heterocycles. The third-order valence-electron chi connectivity index (χ3n) is 20.7. The number of ether oxygens (including phenoxy) is 1. The Hall–Kier alpha value is -14.7. The summed E-state index contributed by atoms with van der Waals surface area (Å²) in [7, 11) is 1.54. The van der Waals surface area contributed by atoms with Gasteiger partial charge >= 0.3 is 28.1 Å². The Morgan fingerprint density at radius 1 is 0.336 bits per heavy atom. The Kier molecular flexibility index (Phi) is 24.3. The summed E-state index contributed by atoms with van der Waals surface area (Å²) in [5.41, 5.74) is 14.5. The summed E-state index contributed by atoms with van der Waals surface area (Å²) in [6.45, 7) is 14.3. The summed E-state index contributed by atoms with van der Waals surface area (Å²) in [6, 6.07) is 80.2. The van der Waals surface area contributed by atoms with Gasteiger partial charge in [-0.15, -0.1) is 24.8 Å². The number of fused-ring (bicyclic) bond motifs is 12. The SMILES string of the molecule is CCCN(CCC)c1ccc2cc(-c3nc4ccccc4[nH]3)c(=O)oc2c1.CCN(CC)c1ccc2cc(-c3nc4ccc(Cl)cc4[nH]3)c(=O)oc2c1.COc1cccc2cc(-c3nc4ccccc4[nH]3)c(=O)oc12.Cc1ccc2oc(=O)c(-c3nc4ccccc4[nH]3)cc2c1.Cl.Cl.O=c1oc2ccc3ccccc3c2cc1-c1nc2ccccc2[nH]1. The van der Waals surface area contributed by atoms with E-state index in [1.165, 1.54) is 0 Å². The van der Waals surface area contributed by atoms with Crippen LogP contribution in [0.4, 0.5) is 11.4 Å². The standard InChI is InChI=1S/C22H23N3O2.C20H18ClN3O2.C20H12N2O2.C17H12N2O3.C17H12N2O2.2ClH/c1-3-11-25(12-4-2)16-10-9-15-13-17(22(26)27-20(15)14-16)21-23-18-7-5-6-8-19(18)24-21;1-3-24(4-2)14-7-5-12-9-15(20(25)26-18(12)11-14)19-22-16-8-6-13(21)10-17(16)23-19;23-20-15(19-21-16-7-3-4-8-17(16)22-19)11-14-13-6-2-1-5-12(13)9-10-18(14)24-20;1-21-14-8-4-5-10-9-11(17(20)22-15(10)14)16-18-12-6-2-3-7-13(12)19-16;1-10-6-7-15-11(8-10)9-12(17(20)21-15)16-18-13-4-2-3-5-14(13)19-16;;/h5-10,13-14H,3-4,11-12H2,1-2H3,(H,23,24);5-11H,3-4H2,1-2H3,(H,22,23);1-11H,(H,21,22);2-9H,1H3,(H,18,19);2-9H,1H3,(H,18,19);2*1H. The summed E-state index contributed by atoms with van der Waals surface area (Å²) in [5.74, 6) is 3.11. The fourth-order valence-corrected chi connectivity index (χ4v) is 14.9. The van der Waals surface area contributed by atoms with Gasteiger partial charge in [-0.2, -0.15) is 0 Å². The maximum atomic E-state index is 12.6. The lowest BCUT2D eigenvalue weighted by Gasteiger charge is -2.23. The molecule has 0 aliphatic carbocycles. The number of methoxy groups -OCH3 is 1. The Balaban J connectivity index is 0.000000118. The number of H-pyrrole nitrogens is 5. The Labute approximate surface area is 711 Å². The van der Waals surface area contributed by atoms with Crippen molar-refractivity contribution in [3.05, 3.63) is 317 Å². The maximum Gasteiger partial charge on any atom is 0.347 e. The molecule has 21 rings (SSSR count). The van der Waals surface area contributed by atoms with Gasteiger partial charge in [-0.1, -0.05) is 128 Å². The number of hydrogen-bond donors (Lipinski definition) is 5. The van der Waals surface area contributed by atoms with Crippen molar-refractivity contribution in [2.45, 2.75) is 47.5 Å². The van der Waals surface area contributed by atoms with Crippen LogP contribution in [-0.4, -0.2) is 83.1 Å². The lowest BCUT2D eigenvalue weighted by atomic mass is 10.0. The number of aromatic nitrogens is 10. The van der Waals surface area contributed by atoms with Gasteiger partial charge in [-0.25, -0.2) is 48.9 Å². The van der Waals surface area contributed by atoms with E-state index in [-0.39, 0.29) is 36.1 Å². The number of nitrogens with one attached hydrogen (secondary N) is 5. The van der Waals surface area contributed by atoms with Gasteiger partial charge in [0.25, 0.3) is 0 Å². The van der Waals surface area contributed by atoms with Crippen molar-refractivity contribution in [1.29, 1.82) is 0 Å². The fraction of sp³-hybridized carbons (Fsp3) is 0.125. The molecular weight excluding hydrogens is 1600 g/mol. The zero-order valence-corrected chi connectivity index (χ0v) is 69.2. The molecule has 10 aromatic heterocycles. The number of hydrogen-bond acceptors (Lipinski definition) is 18. The quantitative estimate of drug-likeness (QED) is 0.0499. The molecule has 0 unspecified atom stereocenters. The van der Waals surface area contributed by atoms with Gasteiger partial charge in [-0.05, 0) is 190 Å². The van der Waals surface area contributed by atoms with Crippen molar-refractivity contribution in [2.75, 3.05) is 43.1 Å². The number of benzene rings is 11. The van der Waals surface area contributed by atoms with Crippen molar-refractivity contribution < 1.29 is 26.8 Å². The van der Waals surface area contributed by atoms with E-state index in [0.717, 1.165) is 149 Å². The van der Waals surface area contributed by atoms with Crippen LogP contribution in [0.5, 0.6) is 5.75 Å². The minimum absolute atomic E-state index is 0. The number of rotatable bonds is 14. The van der Waals surface area contributed by atoms with E-state index in [1.54, 1.807) is 31.4 Å². The molecule has 26 heteroatoms. The summed E-state index contributed by atoms with van der Waals surface area (Å²) < 4.78 is 32.8. The molecule has 0 spiro atoms. The van der Waals surface area contributed by atoms with Crippen LogP contribution in [0.3, 0.4) is 0 Å². The zero-order valence-electron chi connectivity index (χ0n) is 66.8. The Morgan fingerprint density at radius 3 is 1.21 bits per heavy atom. The number of anilines is 2. The number of imidazole rings is 5. The van der Waals surface area contributed by atoms with Gasteiger partial charge in [0.05, 0.1) is 62.3 Å². The molecule has 0 aliphatic rings. The molecule has 610 valence electrons. The first-order valence-electron chi connectivity index (χ1n) is 39.3. The van der Waals surface area contributed by atoms with E-state index < -0.39 is 16.9 Å². The first-order chi connectivity index (χ1) is 58.5. The minimum atomic E-state index is -0.448. The molecule has 23 nitrogen and oxygen atoms in total. The molecule has 0 bridgehead atoms. The molecule has 5 N–H and O–H groups in total. The van der Waals surface area contributed by atoms with Crippen molar-refractivity contribution in [2.24, 2.45) is 0 Å². The molecular formula is C96H79Cl3N12O11. The van der Waals surface area contributed by atoms with E-state index in [1.807, 2.05) is 231 Å². The lowest BCUT2D eigenvalue weighted by molar-refractivity contribution is 0.407. The lowest BCUT2D eigenvalue weighted by Crippen LogP contribution is -2.24. The van der Waals surface area contributed by atoms with Crippen LogP contribution in [0, 0.1) is 6.92 Å². The predicted octanol–water partition coefficient (Wildman–Crippen LogP) is 22.1. The van der Waals surface area contributed by atoms with E-state index in [4.69, 9.17) is 38.4 Å². The van der Waals surface area contributed by atoms with Gasteiger partial charge < -0.3 is 61.5 Å². The van der Waals surface area contributed by atoms with Crippen molar-refractivity contribution in [1.82, 2.24) is 49.8 Å².